The van der Waals surface area contributed by atoms with Gasteiger partial charge in [0.1, 0.15) is 5.01 Å². The fourth-order valence-corrected chi connectivity index (χ4v) is 4.76. The minimum Gasteiger partial charge on any atom is -0.464 e. The number of hydrogen-bond acceptors (Lipinski definition) is 7. The van der Waals surface area contributed by atoms with Crippen molar-refractivity contribution in [3.05, 3.63) is 40.3 Å². The van der Waals surface area contributed by atoms with Crippen molar-refractivity contribution in [2.45, 2.75) is 38.6 Å². The minimum atomic E-state index is -3.79. The number of thiazole rings is 1. The monoisotopic (exact) mass is 439 g/mol. The van der Waals surface area contributed by atoms with Crippen LogP contribution >= 0.6 is 11.3 Å². The van der Waals surface area contributed by atoms with Crippen LogP contribution in [0.1, 0.15) is 42.7 Å². The zero-order valence-corrected chi connectivity index (χ0v) is 18.5. The van der Waals surface area contributed by atoms with E-state index in [0.717, 1.165) is 0 Å². The molecule has 1 amide bonds. The van der Waals surface area contributed by atoms with Crippen molar-refractivity contribution in [2.75, 3.05) is 19.0 Å². The molecule has 29 heavy (non-hydrogen) atoms. The van der Waals surface area contributed by atoms with Gasteiger partial charge in [-0.25, -0.2) is 18.2 Å². The number of amides is 1. The number of methoxy groups -OCH3 is 1. The highest BCUT2D eigenvalue weighted by Crippen LogP contribution is 2.23. The van der Waals surface area contributed by atoms with Crippen LogP contribution < -0.4 is 5.32 Å². The Morgan fingerprint density at radius 2 is 1.90 bits per heavy atom. The lowest BCUT2D eigenvalue weighted by Gasteiger charge is -2.22. The second-order valence-electron chi connectivity index (χ2n) is 6.84. The first kappa shape index (κ1) is 23.0. The van der Waals surface area contributed by atoms with E-state index >= 15 is 0 Å². The third-order valence-corrected chi connectivity index (χ3v) is 6.72. The van der Waals surface area contributed by atoms with E-state index in [0.29, 0.717) is 29.6 Å². The summed E-state index contributed by atoms with van der Waals surface area (Å²) >= 11 is 1.21. The number of benzene rings is 1. The average Bonchev–Trinajstić information content (AvgIpc) is 3.12. The van der Waals surface area contributed by atoms with Crippen LogP contribution in [0.4, 0.5) is 5.69 Å². The Balaban J connectivity index is 2.28. The predicted molar refractivity (Wildman–Crippen MR) is 111 cm³/mol. The van der Waals surface area contributed by atoms with Crippen LogP contribution in [0.25, 0.3) is 0 Å². The number of sulfonamides is 1. The molecule has 2 aromatic rings. The molecule has 0 saturated heterocycles. The average molecular weight is 440 g/mol. The third-order valence-electron chi connectivity index (χ3n) is 4.03. The van der Waals surface area contributed by atoms with Crippen LogP contribution in [0.2, 0.25) is 0 Å². The number of nitrogens with one attached hydrogen (secondary N) is 1. The summed E-state index contributed by atoms with van der Waals surface area (Å²) in [6, 6.07) is 6.02. The maximum Gasteiger partial charge on any atom is 0.357 e. The predicted octanol–water partition coefficient (Wildman–Crippen LogP) is 3.13. The summed E-state index contributed by atoms with van der Waals surface area (Å²) < 4.78 is 32.4. The molecule has 2 rings (SSSR count). The Labute approximate surface area is 175 Å². The summed E-state index contributed by atoms with van der Waals surface area (Å²) in [6.07, 6.45) is 0.679. The quantitative estimate of drug-likeness (QED) is 0.602. The molecule has 158 valence electrons. The molecule has 0 atom stereocenters. The zero-order valence-electron chi connectivity index (χ0n) is 16.8. The molecule has 0 spiro atoms. The molecule has 8 nitrogen and oxygen atoms in total. The first-order chi connectivity index (χ1) is 13.6. The Hall–Kier alpha value is -2.30. The van der Waals surface area contributed by atoms with E-state index in [4.69, 9.17) is 0 Å². The fraction of sp³-hybridized carbons (Fsp3) is 0.421. The topological polar surface area (TPSA) is 106 Å². The molecule has 0 bridgehead atoms. The summed E-state index contributed by atoms with van der Waals surface area (Å²) in [6.45, 7) is 5.80. The highest BCUT2D eigenvalue weighted by atomic mass is 32.2. The van der Waals surface area contributed by atoms with Crippen molar-refractivity contribution in [1.29, 1.82) is 0 Å². The van der Waals surface area contributed by atoms with Gasteiger partial charge in [-0.1, -0.05) is 13.8 Å². The lowest BCUT2D eigenvalue weighted by Crippen LogP contribution is -2.32. The molecule has 0 saturated carbocycles. The van der Waals surface area contributed by atoms with Gasteiger partial charge >= 0.3 is 5.97 Å². The summed E-state index contributed by atoms with van der Waals surface area (Å²) in [5, 5.41) is 4.67. The maximum absolute atomic E-state index is 13.2. The van der Waals surface area contributed by atoms with Crippen molar-refractivity contribution in [1.82, 2.24) is 9.29 Å². The van der Waals surface area contributed by atoms with Crippen molar-refractivity contribution < 1.29 is 22.7 Å². The number of carbonyl (C=O) groups is 2. The number of anilines is 1. The number of ether oxygens (including phenoxy) is 1. The standard InChI is InChI=1S/C19H25N3O5S2/c1-13(2)9-10-22(11-18-21-17(12-28-18)19(24)27-4)29(25,26)16-7-5-15(6-8-16)20-14(3)23/h5-8,12-13H,9-11H2,1-4H3,(H,20,23). The van der Waals surface area contributed by atoms with E-state index in [2.05, 4.69) is 15.0 Å². The van der Waals surface area contributed by atoms with Crippen molar-refractivity contribution in [3.63, 3.8) is 0 Å². The normalized spacial score (nSPS) is 11.7. The van der Waals surface area contributed by atoms with Crippen LogP contribution in [-0.2, 0) is 26.1 Å². The highest BCUT2D eigenvalue weighted by Gasteiger charge is 2.26. The first-order valence-corrected chi connectivity index (χ1v) is 11.4. The van der Waals surface area contributed by atoms with Crippen LogP contribution in [0.3, 0.4) is 0 Å². The van der Waals surface area contributed by atoms with Gasteiger partial charge in [-0.15, -0.1) is 11.3 Å². The molecule has 1 aromatic heterocycles. The molecule has 0 aliphatic rings. The molecular weight excluding hydrogens is 414 g/mol. The van der Waals surface area contributed by atoms with Crippen LogP contribution in [0, 0.1) is 5.92 Å². The van der Waals surface area contributed by atoms with Gasteiger partial charge in [-0.2, -0.15) is 4.31 Å². The van der Waals surface area contributed by atoms with Crippen molar-refractivity contribution in [2.24, 2.45) is 5.92 Å². The van der Waals surface area contributed by atoms with Gasteiger partial charge < -0.3 is 10.1 Å². The number of nitrogens with zero attached hydrogens (tertiary/aromatic N) is 2. The molecule has 0 unspecified atom stereocenters. The van der Waals surface area contributed by atoms with E-state index in [1.165, 1.54) is 41.8 Å². The smallest absolute Gasteiger partial charge is 0.357 e. The SMILES string of the molecule is COC(=O)c1csc(CN(CCC(C)C)S(=O)(=O)c2ccc(NC(C)=O)cc2)n1. The van der Waals surface area contributed by atoms with Crippen LogP contribution in [0.15, 0.2) is 34.5 Å². The van der Waals surface area contributed by atoms with Gasteiger partial charge in [0.25, 0.3) is 0 Å². The van der Waals surface area contributed by atoms with Gasteiger partial charge in [-0.05, 0) is 36.6 Å². The molecule has 0 fully saturated rings. The molecule has 1 N–H and O–H groups in total. The number of carbonyl (C=O) groups excluding carboxylic acids is 2. The van der Waals surface area contributed by atoms with Gasteiger partial charge in [0.2, 0.25) is 15.9 Å². The highest BCUT2D eigenvalue weighted by molar-refractivity contribution is 7.89. The summed E-state index contributed by atoms with van der Waals surface area (Å²) in [5.41, 5.74) is 0.682. The Bertz CT molecular complexity index is 952. The largest absolute Gasteiger partial charge is 0.464 e. The Kier molecular flexibility index (Phi) is 7.88. The fourth-order valence-electron chi connectivity index (χ4n) is 2.48. The van der Waals surface area contributed by atoms with Crippen LogP contribution in [-0.4, -0.2) is 43.2 Å². The van der Waals surface area contributed by atoms with Crippen molar-refractivity contribution in [3.8, 4) is 0 Å². The number of esters is 1. The van der Waals surface area contributed by atoms with Crippen LogP contribution in [0.5, 0.6) is 0 Å². The maximum atomic E-state index is 13.2. The summed E-state index contributed by atoms with van der Waals surface area (Å²) in [7, 11) is -2.52. The van der Waals surface area contributed by atoms with E-state index in [1.54, 1.807) is 17.5 Å². The molecule has 0 radical (unpaired) electrons. The van der Waals surface area contributed by atoms with Gasteiger partial charge in [0, 0.05) is 24.5 Å². The lowest BCUT2D eigenvalue weighted by atomic mass is 10.1. The number of rotatable bonds is 9. The Morgan fingerprint density at radius 1 is 1.24 bits per heavy atom. The molecule has 0 aliphatic carbocycles. The zero-order chi connectivity index (χ0) is 21.6. The van der Waals surface area contributed by atoms with E-state index in [-0.39, 0.29) is 23.0 Å². The molecular formula is C19H25N3O5S2. The second kappa shape index (κ2) is 9.95. The van der Waals surface area contributed by atoms with Gasteiger partial charge in [0.15, 0.2) is 5.69 Å². The first-order valence-electron chi connectivity index (χ1n) is 9.04. The van der Waals surface area contributed by atoms with E-state index < -0.39 is 16.0 Å². The molecule has 0 aliphatic heterocycles. The lowest BCUT2D eigenvalue weighted by molar-refractivity contribution is -0.114. The van der Waals surface area contributed by atoms with Gasteiger partial charge in [-0.3, -0.25) is 4.79 Å². The number of aromatic nitrogens is 1. The molecule has 1 heterocycles. The van der Waals surface area contributed by atoms with Crippen molar-refractivity contribution >= 4 is 38.9 Å². The summed E-state index contributed by atoms with van der Waals surface area (Å²) in [5.74, 6) is -0.473. The summed E-state index contributed by atoms with van der Waals surface area (Å²) in [4.78, 5) is 27.1. The Morgan fingerprint density at radius 3 is 2.45 bits per heavy atom. The number of hydrogen-bond donors (Lipinski definition) is 1. The second-order valence-corrected chi connectivity index (χ2v) is 9.73. The molecule has 10 heteroatoms. The minimum absolute atomic E-state index is 0.0597. The van der Waals surface area contributed by atoms with E-state index in [9.17, 15) is 18.0 Å². The third kappa shape index (κ3) is 6.34. The molecule has 1 aromatic carbocycles. The van der Waals surface area contributed by atoms with E-state index in [1.807, 2.05) is 13.8 Å². The van der Waals surface area contributed by atoms with Gasteiger partial charge in [0.05, 0.1) is 18.6 Å².